The molecule has 1 aromatic carbocycles. The van der Waals surface area contributed by atoms with Gasteiger partial charge in [-0.3, -0.25) is 4.79 Å². The van der Waals surface area contributed by atoms with Gasteiger partial charge in [0.2, 0.25) is 0 Å². The Balaban J connectivity index is 1.34. The highest BCUT2D eigenvalue weighted by Crippen LogP contribution is 2.35. The summed E-state index contributed by atoms with van der Waals surface area (Å²) >= 11 is 2.98. The van der Waals surface area contributed by atoms with E-state index in [-0.39, 0.29) is 17.7 Å². The average molecular weight is 464 g/mol. The minimum Gasteiger partial charge on any atom is -0.467 e. The molecule has 1 aliphatic rings. The number of aromatic nitrogens is 3. The summed E-state index contributed by atoms with van der Waals surface area (Å²) in [5.41, 5.74) is 3.06. The largest absolute Gasteiger partial charge is 0.467 e. The van der Waals surface area contributed by atoms with E-state index in [1.165, 1.54) is 11.8 Å². The molecule has 162 valence electrons. The van der Waals surface area contributed by atoms with Gasteiger partial charge >= 0.3 is 0 Å². The highest BCUT2D eigenvalue weighted by atomic mass is 32.2. The van der Waals surface area contributed by atoms with Crippen LogP contribution < -0.4 is 0 Å². The number of benzene rings is 1. The van der Waals surface area contributed by atoms with Gasteiger partial charge in [-0.1, -0.05) is 42.1 Å². The number of carbonyl (C=O) groups excluding carboxylic acids is 1. The number of rotatable bonds is 6. The Morgan fingerprint density at radius 1 is 1.19 bits per heavy atom. The van der Waals surface area contributed by atoms with Gasteiger partial charge in [0.25, 0.3) is 5.91 Å². The van der Waals surface area contributed by atoms with Crippen molar-refractivity contribution < 1.29 is 9.21 Å². The number of carbonyl (C=O) groups is 1. The zero-order valence-electron chi connectivity index (χ0n) is 17.6. The van der Waals surface area contributed by atoms with Crippen molar-refractivity contribution in [3.63, 3.8) is 0 Å². The predicted molar refractivity (Wildman–Crippen MR) is 126 cm³/mol. The van der Waals surface area contributed by atoms with Gasteiger partial charge in [0, 0.05) is 19.0 Å². The fourth-order valence-electron chi connectivity index (χ4n) is 3.73. The van der Waals surface area contributed by atoms with Gasteiger partial charge in [-0.2, -0.15) is 5.10 Å². The fraction of sp³-hybridized carbons (Fsp3) is 0.217. The monoisotopic (exact) mass is 463 g/mol. The van der Waals surface area contributed by atoms with E-state index in [1.54, 1.807) is 22.6 Å². The molecule has 1 atom stereocenters. The van der Waals surface area contributed by atoms with Gasteiger partial charge in [0.1, 0.15) is 11.8 Å². The summed E-state index contributed by atoms with van der Waals surface area (Å²) in [7, 11) is 1.92. The van der Waals surface area contributed by atoms with Crippen molar-refractivity contribution in [2.24, 2.45) is 12.1 Å². The summed E-state index contributed by atoms with van der Waals surface area (Å²) < 4.78 is 7.54. The lowest BCUT2D eigenvalue weighted by molar-refractivity contribution is -0.130. The molecule has 0 spiro atoms. The molecule has 4 aromatic rings. The van der Waals surface area contributed by atoms with E-state index in [2.05, 4.69) is 15.3 Å². The standard InChI is InChI=1S/C23H21N5O2S2/c1-15-7-3-4-8-16(15)22-24-25-23(27(22)2)32-14-21(29)28-18(19-9-5-11-30-19)13-17(26-28)20-10-6-12-31-20/h3-12,18H,13-14H2,1-2H3. The first-order valence-corrected chi connectivity index (χ1v) is 12.0. The average Bonchev–Trinajstić information content (AvgIpc) is 3.59. The van der Waals surface area contributed by atoms with Gasteiger partial charge in [-0.25, -0.2) is 5.01 Å². The van der Waals surface area contributed by atoms with Gasteiger partial charge in [-0.05, 0) is 36.1 Å². The Kier molecular flexibility index (Phi) is 5.67. The molecule has 4 heterocycles. The Hall–Kier alpha value is -3.17. The summed E-state index contributed by atoms with van der Waals surface area (Å²) in [4.78, 5) is 14.3. The molecule has 0 saturated carbocycles. The molecule has 0 bridgehead atoms. The first-order valence-electron chi connectivity index (χ1n) is 10.2. The van der Waals surface area contributed by atoms with Crippen LogP contribution in [0.5, 0.6) is 0 Å². The Labute approximate surface area is 193 Å². The minimum atomic E-state index is -0.239. The van der Waals surface area contributed by atoms with Crippen LogP contribution in [0.1, 0.15) is 28.7 Å². The van der Waals surface area contributed by atoms with Crippen LogP contribution in [0.15, 0.2) is 74.8 Å². The van der Waals surface area contributed by atoms with Crippen LogP contribution in [0.25, 0.3) is 11.4 Å². The Morgan fingerprint density at radius 2 is 2.06 bits per heavy atom. The number of hydrogen-bond acceptors (Lipinski definition) is 7. The van der Waals surface area contributed by atoms with Crippen LogP contribution >= 0.6 is 23.1 Å². The van der Waals surface area contributed by atoms with E-state index in [4.69, 9.17) is 4.42 Å². The SMILES string of the molecule is Cc1ccccc1-c1nnc(SCC(=O)N2N=C(c3cccs3)CC2c2ccco2)n1C. The van der Waals surface area contributed by atoms with E-state index >= 15 is 0 Å². The number of hydrazone groups is 1. The van der Waals surface area contributed by atoms with E-state index in [1.807, 2.05) is 72.4 Å². The summed E-state index contributed by atoms with van der Waals surface area (Å²) in [6.45, 7) is 2.05. The van der Waals surface area contributed by atoms with Crippen LogP contribution in [-0.4, -0.2) is 37.1 Å². The summed E-state index contributed by atoms with van der Waals surface area (Å²) in [5, 5.41) is 17.6. The maximum Gasteiger partial charge on any atom is 0.253 e. The molecule has 0 saturated heterocycles. The number of thioether (sulfide) groups is 1. The second kappa shape index (κ2) is 8.76. The number of hydrogen-bond donors (Lipinski definition) is 0. The molecule has 7 nitrogen and oxygen atoms in total. The molecular formula is C23H21N5O2S2. The molecule has 0 aliphatic carbocycles. The number of thiophene rings is 1. The van der Waals surface area contributed by atoms with Crippen molar-refractivity contribution in [3.8, 4) is 11.4 Å². The normalized spacial score (nSPS) is 15.9. The number of nitrogens with zero attached hydrogens (tertiary/aromatic N) is 5. The van der Waals surface area contributed by atoms with Crippen molar-refractivity contribution in [2.45, 2.75) is 24.5 Å². The van der Waals surface area contributed by atoms with Gasteiger partial charge in [0.15, 0.2) is 11.0 Å². The second-order valence-electron chi connectivity index (χ2n) is 7.47. The second-order valence-corrected chi connectivity index (χ2v) is 9.36. The Morgan fingerprint density at radius 3 is 2.81 bits per heavy atom. The third kappa shape index (κ3) is 3.89. The molecule has 1 unspecified atom stereocenters. The maximum atomic E-state index is 13.2. The molecule has 3 aromatic heterocycles. The van der Waals surface area contributed by atoms with Crippen LogP contribution in [0.3, 0.4) is 0 Å². The van der Waals surface area contributed by atoms with Crippen LogP contribution in [0.4, 0.5) is 0 Å². The van der Waals surface area contributed by atoms with E-state index in [9.17, 15) is 4.79 Å². The predicted octanol–water partition coefficient (Wildman–Crippen LogP) is 4.92. The molecule has 5 rings (SSSR count). The molecule has 1 aliphatic heterocycles. The first kappa shape index (κ1) is 20.7. The van der Waals surface area contributed by atoms with Crippen molar-refractivity contribution in [3.05, 3.63) is 76.4 Å². The highest BCUT2D eigenvalue weighted by Gasteiger charge is 2.35. The van der Waals surface area contributed by atoms with Crippen LogP contribution in [0, 0.1) is 6.92 Å². The quantitative estimate of drug-likeness (QED) is 0.380. The van der Waals surface area contributed by atoms with Crippen LogP contribution in [-0.2, 0) is 11.8 Å². The smallest absolute Gasteiger partial charge is 0.253 e. The molecule has 32 heavy (non-hydrogen) atoms. The molecular weight excluding hydrogens is 442 g/mol. The third-order valence-corrected chi connectivity index (χ3v) is 7.31. The third-order valence-electron chi connectivity index (χ3n) is 5.39. The van der Waals surface area contributed by atoms with Crippen molar-refractivity contribution in [1.82, 2.24) is 19.8 Å². The van der Waals surface area contributed by atoms with Gasteiger partial charge in [-0.15, -0.1) is 21.5 Å². The van der Waals surface area contributed by atoms with E-state index in [0.717, 1.165) is 33.3 Å². The van der Waals surface area contributed by atoms with Gasteiger partial charge < -0.3 is 8.98 Å². The van der Waals surface area contributed by atoms with Crippen molar-refractivity contribution >= 4 is 34.7 Å². The maximum absolute atomic E-state index is 13.2. The molecule has 0 radical (unpaired) electrons. The number of amides is 1. The lowest BCUT2D eigenvalue weighted by atomic mass is 10.1. The summed E-state index contributed by atoms with van der Waals surface area (Å²) in [5.74, 6) is 1.63. The summed E-state index contributed by atoms with van der Waals surface area (Å²) in [6.07, 6.45) is 2.26. The van der Waals surface area contributed by atoms with E-state index < -0.39 is 0 Å². The van der Waals surface area contributed by atoms with E-state index in [0.29, 0.717) is 11.6 Å². The molecule has 9 heteroatoms. The fourth-order valence-corrected chi connectivity index (χ4v) is 5.21. The number of aryl methyl sites for hydroxylation is 1. The topological polar surface area (TPSA) is 76.5 Å². The van der Waals surface area contributed by atoms with Crippen molar-refractivity contribution in [2.75, 3.05) is 5.75 Å². The molecule has 0 fully saturated rings. The molecule has 1 amide bonds. The first-order chi connectivity index (χ1) is 15.6. The number of furan rings is 1. The zero-order chi connectivity index (χ0) is 22.1. The van der Waals surface area contributed by atoms with Crippen molar-refractivity contribution in [1.29, 1.82) is 0 Å². The lowest BCUT2D eigenvalue weighted by Gasteiger charge is -2.19. The zero-order valence-corrected chi connectivity index (χ0v) is 19.3. The van der Waals surface area contributed by atoms with Gasteiger partial charge in [0.05, 0.1) is 22.6 Å². The van der Waals surface area contributed by atoms with Crippen LogP contribution in [0.2, 0.25) is 0 Å². The molecule has 0 N–H and O–H groups in total. The highest BCUT2D eigenvalue weighted by molar-refractivity contribution is 7.99. The summed E-state index contributed by atoms with van der Waals surface area (Å²) in [6, 6.07) is 15.6. The lowest BCUT2D eigenvalue weighted by Crippen LogP contribution is -2.28. The minimum absolute atomic E-state index is 0.0941. The Bertz CT molecular complexity index is 1260.